The predicted molar refractivity (Wildman–Crippen MR) is 102 cm³/mol. The van der Waals surface area contributed by atoms with Crippen molar-refractivity contribution in [3.8, 4) is 5.75 Å². The first-order valence-electron chi connectivity index (χ1n) is 8.01. The van der Waals surface area contributed by atoms with Crippen LogP contribution in [0.2, 0.25) is 5.02 Å². The van der Waals surface area contributed by atoms with E-state index in [1.165, 1.54) is 25.3 Å². The first-order valence-corrected chi connectivity index (χ1v) is 9.87. The fourth-order valence-electron chi connectivity index (χ4n) is 2.61. The number of nitrogens with zero attached hydrogens (tertiary/aromatic N) is 1. The van der Waals surface area contributed by atoms with E-state index in [2.05, 4.69) is 4.72 Å². The fourth-order valence-corrected chi connectivity index (χ4v) is 3.96. The van der Waals surface area contributed by atoms with Gasteiger partial charge >= 0.3 is 0 Å². The van der Waals surface area contributed by atoms with Crippen molar-refractivity contribution in [2.75, 3.05) is 7.11 Å². The average Bonchev–Trinajstić information content (AvgIpc) is 3.08. The van der Waals surface area contributed by atoms with Crippen molar-refractivity contribution in [3.05, 3.63) is 83.1 Å². The number of sulfonamides is 1. The van der Waals surface area contributed by atoms with Crippen molar-refractivity contribution in [2.45, 2.75) is 18.0 Å². The predicted octanol–water partition coefficient (Wildman–Crippen LogP) is 3.68. The highest BCUT2D eigenvalue weighted by atomic mass is 35.5. The Morgan fingerprint density at radius 1 is 1.08 bits per heavy atom. The maximum absolute atomic E-state index is 12.5. The van der Waals surface area contributed by atoms with Crippen LogP contribution in [-0.4, -0.2) is 20.1 Å². The molecule has 0 bridgehead atoms. The van der Waals surface area contributed by atoms with Gasteiger partial charge in [0.1, 0.15) is 5.75 Å². The third-order valence-electron chi connectivity index (χ3n) is 4.00. The first kappa shape index (κ1) is 18.5. The molecule has 0 radical (unpaired) electrons. The van der Waals surface area contributed by atoms with Crippen molar-refractivity contribution < 1.29 is 13.2 Å². The van der Waals surface area contributed by atoms with E-state index < -0.39 is 10.0 Å². The van der Waals surface area contributed by atoms with Gasteiger partial charge in [0.25, 0.3) is 0 Å². The van der Waals surface area contributed by atoms with E-state index in [0.717, 1.165) is 11.3 Å². The van der Waals surface area contributed by atoms with Gasteiger partial charge in [0.2, 0.25) is 10.0 Å². The third-order valence-corrected chi connectivity index (χ3v) is 5.69. The van der Waals surface area contributed by atoms with Gasteiger partial charge in [-0.2, -0.15) is 0 Å². The lowest BCUT2D eigenvalue weighted by molar-refractivity contribution is 0.414. The summed E-state index contributed by atoms with van der Waals surface area (Å²) in [5, 5.41) is 0.253. The summed E-state index contributed by atoms with van der Waals surface area (Å²) in [5.74, 6) is 0.433. The molecule has 1 heterocycles. The Morgan fingerprint density at radius 2 is 1.85 bits per heavy atom. The molecule has 3 rings (SSSR count). The minimum atomic E-state index is -3.68. The highest BCUT2D eigenvalue weighted by molar-refractivity contribution is 7.89. The SMILES string of the molecule is COc1ccc(S(=O)(=O)NCc2cccn2Cc2ccccc2)cc1Cl. The van der Waals surface area contributed by atoms with Crippen LogP contribution < -0.4 is 9.46 Å². The molecular weight excluding hydrogens is 372 g/mol. The molecule has 136 valence electrons. The van der Waals surface area contributed by atoms with Gasteiger partial charge in [-0.3, -0.25) is 0 Å². The molecule has 1 aromatic heterocycles. The summed E-state index contributed by atoms with van der Waals surface area (Å²) in [4.78, 5) is 0.101. The lowest BCUT2D eigenvalue weighted by Gasteiger charge is -2.12. The van der Waals surface area contributed by atoms with Crippen LogP contribution in [0, 0.1) is 0 Å². The number of ether oxygens (including phenoxy) is 1. The maximum atomic E-state index is 12.5. The van der Waals surface area contributed by atoms with Crippen molar-refractivity contribution in [1.29, 1.82) is 0 Å². The Hall–Kier alpha value is -2.28. The summed E-state index contributed by atoms with van der Waals surface area (Å²) < 4.78 is 34.7. The van der Waals surface area contributed by atoms with Crippen LogP contribution >= 0.6 is 11.6 Å². The topological polar surface area (TPSA) is 60.3 Å². The molecule has 0 spiro atoms. The molecule has 0 amide bonds. The number of benzene rings is 2. The molecule has 7 heteroatoms. The molecule has 2 aromatic carbocycles. The van der Waals surface area contributed by atoms with Gasteiger partial charge in [-0.1, -0.05) is 41.9 Å². The molecule has 0 aliphatic rings. The van der Waals surface area contributed by atoms with Crippen LogP contribution in [0.3, 0.4) is 0 Å². The van der Waals surface area contributed by atoms with Gasteiger partial charge in [0.05, 0.1) is 23.6 Å². The van der Waals surface area contributed by atoms with Crippen molar-refractivity contribution in [3.63, 3.8) is 0 Å². The highest BCUT2D eigenvalue weighted by Gasteiger charge is 2.16. The number of rotatable bonds is 7. The summed E-state index contributed by atoms with van der Waals surface area (Å²) in [5.41, 5.74) is 2.02. The molecule has 0 aliphatic heterocycles. The zero-order valence-electron chi connectivity index (χ0n) is 14.2. The van der Waals surface area contributed by atoms with Gasteiger partial charge in [0.15, 0.2) is 0 Å². The summed E-state index contributed by atoms with van der Waals surface area (Å²) >= 11 is 6.03. The van der Waals surface area contributed by atoms with Crippen LogP contribution in [0.1, 0.15) is 11.3 Å². The van der Waals surface area contributed by atoms with Gasteiger partial charge in [-0.15, -0.1) is 0 Å². The lowest BCUT2D eigenvalue weighted by Crippen LogP contribution is -2.24. The second-order valence-electron chi connectivity index (χ2n) is 5.73. The maximum Gasteiger partial charge on any atom is 0.240 e. The van der Waals surface area contributed by atoms with Crippen LogP contribution in [0.15, 0.2) is 71.8 Å². The second kappa shape index (κ2) is 7.95. The molecule has 5 nitrogen and oxygen atoms in total. The molecule has 0 atom stereocenters. The second-order valence-corrected chi connectivity index (χ2v) is 7.91. The van der Waals surface area contributed by atoms with E-state index in [1.807, 2.05) is 53.2 Å². The number of methoxy groups -OCH3 is 1. The minimum Gasteiger partial charge on any atom is -0.495 e. The van der Waals surface area contributed by atoms with Gasteiger partial charge in [-0.25, -0.2) is 13.1 Å². The molecule has 0 unspecified atom stereocenters. The zero-order valence-corrected chi connectivity index (χ0v) is 15.8. The Balaban J connectivity index is 1.73. The summed E-state index contributed by atoms with van der Waals surface area (Å²) in [7, 11) is -2.20. The van der Waals surface area contributed by atoms with Crippen LogP contribution in [-0.2, 0) is 23.1 Å². The summed E-state index contributed by atoms with van der Waals surface area (Å²) in [6.45, 7) is 0.866. The lowest BCUT2D eigenvalue weighted by atomic mass is 10.2. The van der Waals surface area contributed by atoms with E-state index in [9.17, 15) is 8.42 Å². The number of hydrogen-bond acceptors (Lipinski definition) is 3. The first-order chi connectivity index (χ1) is 12.5. The monoisotopic (exact) mass is 390 g/mol. The smallest absolute Gasteiger partial charge is 0.240 e. The molecule has 3 aromatic rings. The number of nitrogens with one attached hydrogen (secondary N) is 1. The van der Waals surface area contributed by atoms with E-state index in [4.69, 9.17) is 16.3 Å². The van der Waals surface area contributed by atoms with Crippen molar-refractivity contribution in [2.24, 2.45) is 0 Å². The highest BCUT2D eigenvalue weighted by Crippen LogP contribution is 2.26. The van der Waals surface area contributed by atoms with Crippen LogP contribution in [0.25, 0.3) is 0 Å². The van der Waals surface area contributed by atoms with Crippen LogP contribution in [0.4, 0.5) is 0 Å². The van der Waals surface area contributed by atoms with Crippen LogP contribution in [0.5, 0.6) is 5.75 Å². The summed E-state index contributed by atoms with van der Waals surface area (Å²) in [6.07, 6.45) is 1.93. The molecule has 0 saturated heterocycles. The molecule has 0 saturated carbocycles. The van der Waals surface area contributed by atoms with Crippen molar-refractivity contribution >= 4 is 21.6 Å². The van der Waals surface area contributed by atoms with Gasteiger partial charge < -0.3 is 9.30 Å². The standard InChI is InChI=1S/C19H19ClN2O3S/c1-25-19-10-9-17(12-18(19)20)26(23,24)21-13-16-8-5-11-22(16)14-15-6-3-2-4-7-15/h2-12,21H,13-14H2,1H3. The normalized spacial score (nSPS) is 11.5. The van der Waals surface area contributed by atoms with Gasteiger partial charge in [0, 0.05) is 18.4 Å². The quantitative estimate of drug-likeness (QED) is 0.669. The average molecular weight is 391 g/mol. The third kappa shape index (κ3) is 4.27. The van der Waals surface area contributed by atoms with E-state index in [0.29, 0.717) is 12.3 Å². The molecule has 0 fully saturated rings. The Labute approximate surface area is 158 Å². The molecule has 0 aliphatic carbocycles. The molecular formula is C19H19ClN2O3S. The Kier molecular flexibility index (Phi) is 5.66. The van der Waals surface area contributed by atoms with Gasteiger partial charge in [-0.05, 0) is 35.9 Å². The Morgan fingerprint density at radius 3 is 2.54 bits per heavy atom. The van der Waals surface area contributed by atoms with E-state index in [-0.39, 0.29) is 16.5 Å². The largest absolute Gasteiger partial charge is 0.495 e. The van der Waals surface area contributed by atoms with E-state index in [1.54, 1.807) is 0 Å². The zero-order chi connectivity index (χ0) is 18.6. The minimum absolute atomic E-state index is 0.101. The molecule has 1 N–H and O–H groups in total. The summed E-state index contributed by atoms with van der Waals surface area (Å²) in [6, 6.07) is 18.2. The fraction of sp³-hybridized carbons (Fsp3) is 0.158. The van der Waals surface area contributed by atoms with E-state index >= 15 is 0 Å². The number of halogens is 1. The molecule has 26 heavy (non-hydrogen) atoms. The van der Waals surface area contributed by atoms with Crippen molar-refractivity contribution in [1.82, 2.24) is 9.29 Å². The number of aromatic nitrogens is 1. The Bertz CT molecular complexity index is 985. The number of hydrogen-bond donors (Lipinski definition) is 1.